The smallest absolute Gasteiger partial charge is 0.309 e. The maximum absolute atomic E-state index is 12.1. The van der Waals surface area contributed by atoms with E-state index in [1.165, 1.54) is 43.7 Å². The van der Waals surface area contributed by atoms with Crippen LogP contribution >= 0.6 is 0 Å². The van der Waals surface area contributed by atoms with Crippen LogP contribution in [-0.4, -0.2) is 53.0 Å². The summed E-state index contributed by atoms with van der Waals surface area (Å²) in [7, 11) is 4.91. The number of aryl methyl sites for hydroxylation is 1. The molecule has 0 aliphatic carbocycles. The third-order valence-corrected chi connectivity index (χ3v) is 6.00. The van der Waals surface area contributed by atoms with Gasteiger partial charge in [0.05, 0.1) is 6.61 Å². The average Bonchev–Trinajstić information content (AvgIpc) is 3.58. The summed E-state index contributed by atoms with van der Waals surface area (Å²) in [6.07, 6.45) is 7.35. The van der Waals surface area contributed by atoms with Crippen LogP contribution in [0.5, 0.6) is 0 Å². The predicted molar refractivity (Wildman–Crippen MR) is 157 cm³/mol. The topological polar surface area (TPSA) is 111 Å². The van der Waals surface area contributed by atoms with Crippen LogP contribution in [-0.2, 0) is 27.3 Å². The Bertz CT molecular complexity index is 1030. The van der Waals surface area contributed by atoms with Gasteiger partial charge in [-0.2, -0.15) is 0 Å². The number of hydrogen-bond donors (Lipinski definition) is 3. The molecule has 0 saturated carbocycles. The van der Waals surface area contributed by atoms with Crippen LogP contribution in [0.2, 0.25) is 6.32 Å². The molecule has 0 bridgehead atoms. The Morgan fingerprint density at radius 1 is 1.16 bits per heavy atom. The maximum atomic E-state index is 12.1. The standard InChI is InChI=1S/C15H20BNO3.C10H11B.C2H5NO.CH5N/c1-10(4-3-5-11(2)18)17-15(19)12-6-7-13-9-20-16-14(13)8-12;1-2-8-3-4-9-5-6-11-10(9)7-8;1-3-2-4;1-2/h6-8,10,16H,3-5,9H2,1-2H3,(H,17,19);2-4,7,11H,1,5-6H2;2H,1H3,(H,3,4);2H2,1H3. The minimum absolute atomic E-state index is 0.0602. The van der Waals surface area contributed by atoms with Crippen molar-refractivity contribution in [1.29, 1.82) is 0 Å². The summed E-state index contributed by atoms with van der Waals surface area (Å²) in [5.41, 5.74) is 11.8. The molecule has 4 rings (SSSR count). The monoisotopic (exact) mass is 505 g/mol. The molecule has 2 aliphatic rings. The molecule has 4 N–H and O–H groups in total. The second kappa shape index (κ2) is 18.1. The van der Waals surface area contributed by atoms with Crippen molar-refractivity contribution in [2.45, 2.75) is 58.5 Å². The molecule has 2 aromatic rings. The van der Waals surface area contributed by atoms with Gasteiger partial charge >= 0.3 is 7.48 Å². The first-order valence-corrected chi connectivity index (χ1v) is 12.8. The molecular formula is C28H41B2N3O4. The van der Waals surface area contributed by atoms with E-state index < -0.39 is 0 Å². The fraction of sp³-hybridized carbons (Fsp3) is 0.393. The lowest BCUT2D eigenvalue weighted by molar-refractivity contribution is -0.117. The SMILES string of the molecule is C=Cc1ccc2c(c1)BCC2.CC(=O)CCCC(C)NC(=O)c1ccc2c(c1)BOC2.CN.CNC=O. The second-order valence-electron chi connectivity index (χ2n) is 8.94. The number of nitrogens with two attached hydrogens (primary N) is 1. The van der Waals surface area contributed by atoms with Crippen molar-refractivity contribution in [3.05, 3.63) is 65.2 Å². The molecule has 2 heterocycles. The van der Waals surface area contributed by atoms with Crippen molar-refractivity contribution in [3.8, 4) is 0 Å². The Labute approximate surface area is 223 Å². The maximum Gasteiger partial charge on any atom is 0.309 e. The minimum atomic E-state index is -0.0602. The lowest BCUT2D eigenvalue weighted by Crippen LogP contribution is -2.33. The molecule has 0 aromatic heterocycles. The van der Waals surface area contributed by atoms with Crippen LogP contribution in [0.15, 0.2) is 43.0 Å². The molecule has 1 atom stereocenters. The average molecular weight is 505 g/mol. The van der Waals surface area contributed by atoms with E-state index in [0.29, 0.717) is 32.5 Å². The summed E-state index contributed by atoms with van der Waals surface area (Å²) in [4.78, 5) is 32.1. The van der Waals surface area contributed by atoms with Gasteiger partial charge in [-0.1, -0.05) is 60.3 Å². The van der Waals surface area contributed by atoms with Crippen LogP contribution in [0.4, 0.5) is 0 Å². The Balaban J connectivity index is 0.000000336. The highest BCUT2D eigenvalue weighted by molar-refractivity contribution is 6.55. The van der Waals surface area contributed by atoms with E-state index in [1.54, 1.807) is 14.0 Å². The van der Waals surface area contributed by atoms with E-state index in [-0.39, 0.29) is 17.7 Å². The van der Waals surface area contributed by atoms with Gasteiger partial charge < -0.3 is 25.8 Å². The number of carbonyl (C=O) groups excluding carboxylic acids is 3. The van der Waals surface area contributed by atoms with E-state index >= 15 is 0 Å². The molecule has 0 spiro atoms. The van der Waals surface area contributed by atoms with Gasteiger partial charge in [-0.15, -0.1) is 0 Å². The van der Waals surface area contributed by atoms with E-state index in [1.807, 2.05) is 31.2 Å². The highest BCUT2D eigenvalue weighted by atomic mass is 16.4. The molecule has 2 aromatic carbocycles. The minimum Gasteiger partial charge on any atom is -0.430 e. The van der Waals surface area contributed by atoms with Crippen LogP contribution in [0.25, 0.3) is 6.08 Å². The summed E-state index contributed by atoms with van der Waals surface area (Å²) < 4.78 is 5.34. The highest BCUT2D eigenvalue weighted by Crippen LogP contribution is 2.11. The lowest BCUT2D eigenvalue weighted by Gasteiger charge is -2.14. The normalized spacial score (nSPS) is 12.6. The van der Waals surface area contributed by atoms with Gasteiger partial charge in [-0.05, 0) is 62.8 Å². The zero-order chi connectivity index (χ0) is 27.6. The van der Waals surface area contributed by atoms with Crippen molar-refractivity contribution in [2.75, 3.05) is 14.1 Å². The zero-order valence-electron chi connectivity index (χ0n) is 22.8. The number of Topliss-reactive ketones (excluding diaryl/α,β-unsaturated/α-hetero) is 1. The van der Waals surface area contributed by atoms with E-state index in [2.05, 4.69) is 41.1 Å². The van der Waals surface area contributed by atoms with Gasteiger partial charge in [0.2, 0.25) is 6.41 Å². The zero-order valence-corrected chi connectivity index (χ0v) is 22.8. The molecule has 2 amide bonds. The predicted octanol–water partition coefficient (Wildman–Crippen LogP) is 1.37. The summed E-state index contributed by atoms with van der Waals surface area (Å²) in [6, 6.07) is 12.4. The molecular weight excluding hydrogens is 464 g/mol. The van der Waals surface area contributed by atoms with E-state index in [9.17, 15) is 9.59 Å². The number of benzene rings is 2. The van der Waals surface area contributed by atoms with Crippen LogP contribution in [0.1, 0.15) is 60.2 Å². The highest BCUT2D eigenvalue weighted by Gasteiger charge is 2.16. The first-order chi connectivity index (χ1) is 17.9. The molecule has 1 unspecified atom stereocenters. The Kier molecular flexibility index (Phi) is 15.6. The first-order valence-electron chi connectivity index (χ1n) is 12.8. The number of rotatable bonds is 8. The molecule has 37 heavy (non-hydrogen) atoms. The van der Waals surface area contributed by atoms with Gasteiger partial charge in [0, 0.05) is 25.1 Å². The molecule has 0 fully saturated rings. The summed E-state index contributed by atoms with van der Waals surface area (Å²) in [5.74, 6) is 0.136. The van der Waals surface area contributed by atoms with Crippen LogP contribution in [0, 0.1) is 0 Å². The van der Waals surface area contributed by atoms with Crippen molar-refractivity contribution >= 4 is 49.9 Å². The molecule has 0 saturated heterocycles. The summed E-state index contributed by atoms with van der Waals surface area (Å²) in [6.45, 7) is 7.95. The molecule has 2 aliphatic heterocycles. The summed E-state index contributed by atoms with van der Waals surface area (Å²) >= 11 is 0. The van der Waals surface area contributed by atoms with Gasteiger partial charge in [0.1, 0.15) is 5.78 Å². The van der Waals surface area contributed by atoms with Crippen molar-refractivity contribution < 1.29 is 19.0 Å². The van der Waals surface area contributed by atoms with Gasteiger partial charge in [-0.25, -0.2) is 0 Å². The van der Waals surface area contributed by atoms with E-state index in [4.69, 9.17) is 9.45 Å². The second-order valence-corrected chi connectivity index (χ2v) is 8.94. The lowest BCUT2D eigenvalue weighted by atomic mass is 9.72. The Morgan fingerprint density at radius 3 is 2.51 bits per heavy atom. The Morgan fingerprint density at radius 2 is 1.86 bits per heavy atom. The fourth-order valence-corrected chi connectivity index (χ4v) is 4.07. The number of amides is 2. The third-order valence-electron chi connectivity index (χ3n) is 6.00. The number of ketones is 1. The molecule has 198 valence electrons. The number of fused-ring (bicyclic) bond motifs is 2. The van der Waals surface area contributed by atoms with Crippen LogP contribution < -0.4 is 27.3 Å². The molecule has 7 nitrogen and oxygen atoms in total. The Hall–Kier alpha value is -3.16. The first kappa shape index (κ1) is 31.9. The fourth-order valence-electron chi connectivity index (χ4n) is 4.07. The van der Waals surface area contributed by atoms with Crippen molar-refractivity contribution in [3.63, 3.8) is 0 Å². The van der Waals surface area contributed by atoms with Gasteiger partial charge in [-0.3, -0.25) is 9.59 Å². The summed E-state index contributed by atoms with van der Waals surface area (Å²) in [5, 5.41) is 5.22. The van der Waals surface area contributed by atoms with E-state index in [0.717, 1.165) is 23.9 Å². The van der Waals surface area contributed by atoms with Crippen molar-refractivity contribution in [1.82, 2.24) is 10.6 Å². The number of nitrogens with one attached hydrogen (secondary N) is 2. The quantitative estimate of drug-likeness (QED) is 0.371. The molecule has 9 heteroatoms. The van der Waals surface area contributed by atoms with Crippen LogP contribution in [0.3, 0.4) is 0 Å². The number of carbonyl (C=O) groups is 3. The molecule has 0 radical (unpaired) electrons. The third kappa shape index (κ3) is 11.6. The largest absolute Gasteiger partial charge is 0.430 e. The van der Waals surface area contributed by atoms with Crippen molar-refractivity contribution in [2.24, 2.45) is 5.73 Å². The van der Waals surface area contributed by atoms with Gasteiger partial charge in [0.25, 0.3) is 5.91 Å². The number of hydrogen-bond acceptors (Lipinski definition) is 5. The van der Waals surface area contributed by atoms with Gasteiger partial charge in [0.15, 0.2) is 7.28 Å².